The van der Waals surface area contributed by atoms with E-state index in [0.29, 0.717) is 29.9 Å². The first-order chi connectivity index (χ1) is 10.6. The van der Waals surface area contributed by atoms with Crippen molar-refractivity contribution >= 4 is 11.8 Å². The first kappa shape index (κ1) is 16.6. The predicted molar refractivity (Wildman–Crippen MR) is 87.3 cm³/mol. The smallest absolute Gasteiger partial charge is 0.411 e. The van der Waals surface area contributed by atoms with E-state index >= 15 is 0 Å². The van der Waals surface area contributed by atoms with Crippen molar-refractivity contribution in [2.45, 2.75) is 20.3 Å². The van der Waals surface area contributed by atoms with Gasteiger partial charge in [0.15, 0.2) is 0 Å². The fourth-order valence-corrected chi connectivity index (χ4v) is 3.14. The topological polar surface area (TPSA) is 50.8 Å². The summed E-state index contributed by atoms with van der Waals surface area (Å²) in [5.41, 5.74) is 0.621. The number of anilines is 1. The van der Waals surface area contributed by atoms with E-state index in [4.69, 9.17) is 9.47 Å². The summed E-state index contributed by atoms with van der Waals surface area (Å²) in [4.78, 5) is 14.2. The molecule has 1 aliphatic rings. The molecule has 1 N–H and O–H groups in total. The molecule has 2 rings (SSSR count). The standard InChI is InChI=1S/C17H26N2O3/c1-13-10-14(2)12-19(11-13)8-9-22-17(20)18-15-6-4-5-7-16(15)21-3/h4-7,13-14H,8-12H2,1-3H3,(H,18,20)/t13-,14+. The van der Waals surface area contributed by atoms with E-state index in [1.807, 2.05) is 12.1 Å². The zero-order chi connectivity index (χ0) is 15.9. The molecule has 5 nitrogen and oxygen atoms in total. The Hall–Kier alpha value is -1.75. The van der Waals surface area contributed by atoms with Crippen LogP contribution in [-0.4, -0.2) is 44.3 Å². The number of rotatable bonds is 5. The van der Waals surface area contributed by atoms with Gasteiger partial charge in [0.25, 0.3) is 0 Å². The molecule has 0 saturated carbocycles. The zero-order valence-corrected chi connectivity index (χ0v) is 13.7. The monoisotopic (exact) mass is 306 g/mol. The second kappa shape index (κ2) is 8.03. The normalized spacial score (nSPS) is 22.1. The minimum Gasteiger partial charge on any atom is -0.495 e. The largest absolute Gasteiger partial charge is 0.495 e. The van der Waals surface area contributed by atoms with Gasteiger partial charge in [-0.15, -0.1) is 0 Å². The molecule has 0 unspecified atom stereocenters. The Morgan fingerprint density at radius 1 is 1.27 bits per heavy atom. The van der Waals surface area contributed by atoms with Gasteiger partial charge in [0, 0.05) is 19.6 Å². The van der Waals surface area contributed by atoms with Crippen LogP contribution in [0.5, 0.6) is 5.75 Å². The Balaban J connectivity index is 1.74. The van der Waals surface area contributed by atoms with Gasteiger partial charge in [0.1, 0.15) is 12.4 Å². The molecule has 122 valence electrons. The Labute approximate surface area is 132 Å². The molecule has 1 fully saturated rings. The summed E-state index contributed by atoms with van der Waals surface area (Å²) in [5.74, 6) is 2.05. The molecule has 2 atom stereocenters. The van der Waals surface area contributed by atoms with Gasteiger partial charge >= 0.3 is 6.09 Å². The quantitative estimate of drug-likeness (QED) is 0.907. The van der Waals surface area contributed by atoms with Crippen LogP contribution in [0, 0.1) is 11.8 Å². The lowest BCUT2D eigenvalue weighted by atomic mass is 9.92. The van der Waals surface area contributed by atoms with E-state index < -0.39 is 6.09 Å². The zero-order valence-electron chi connectivity index (χ0n) is 13.7. The van der Waals surface area contributed by atoms with Crippen LogP contribution in [0.2, 0.25) is 0 Å². The molecule has 1 saturated heterocycles. The van der Waals surface area contributed by atoms with Crippen LogP contribution >= 0.6 is 0 Å². The van der Waals surface area contributed by atoms with Gasteiger partial charge in [-0.2, -0.15) is 0 Å². The Bertz CT molecular complexity index is 483. The van der Waals surface area contributed by atoms with E-state index in [9.17, 15) is 4.79 Å². The second-order valence-electron chi connectivity index (χ2n) is 6.17. The van der Waals surface area contributed by atoms with Crippen LogP contribution < -0.4 is 10.1 Å². The van der Waals surface area contributed by atoms with E-state index in [2.05, 4.69) is 24.1 Å². The molecular formula is C17H26N2O3. The molecule has 0 spiro atoms. The van der Waals surface area contributed by atoms with Crippen molar-refractivity contribution in [2.75, 3.05) is 38.7 Å². The van der Waals surface area contributed by atoms with Crippen molar-refractivity contribution in [1.82, 2.24) is 4.90 Å². The fourth-order valence-electron chi connectivity index (χ4n) is 3.14. The number of piperidine rings is 1. The van der Waals surface area contributed by atoms with Crippen molar-refractivity contribution in [2.24, 2.45) is 11.8 Å². The van der Waals surface area contributed by atoms with Crippen molar-refractivity contribution in [3.63, 3.8) is 0 Å². The van der Waals surface area contributed by atoms with Crippen molar-refractivity contribution < 1.29 is 14.3 Å². The summed E-state index contributed by atoms with van der Waals surface area (Å²) in [6, 6.07) is 7.28. The number of carbonyl (C=O) groups excluding carboxylic acids is 1. The van der Waals surface area contributed by atoms with Crippen molar-refractivity contribution in [1.29, 1.82) is 0 Å². The third kappa shape index (κ3) is 4.91. The van der Waals surface area contributed by atoms with E-state index in [1.54, 1.807) is 19.2 Å². The Morgan fingerprint density at radius 3 is 2.64 bits per heavy atom. The number of benzene rings is 1. The van der Waals surface area contributed by atoms with E-state index in [1.165, 1.54) is 6.42 Å². The molecule has 22 heavy (non-hydrogen) atoms. The molecule has 1 aromatic carbocycles. The summed E-state index contributed by atoms with van der Waals surface area (Å²) >= 11 is 0. The number of amides is 1. The summed E-state index contributed by atoms with van der Waals surface area (Å²) in [5, 5.41) is 2.71. The minimum atomic E-state index is -0.442. The molecule has 5 heteroatoms. The van der Waals surface area contributed by atoms with Crippen LogP contribution in [0.25, 0.3) is 0 Å². The highest BCUT2D eigenvalue weighted by Crippen LogP contribution is 2.23. The van der Waals surface area contributed by atoms with Crippen LogP contribution in [0.4, 0.5) is 10.5 Å². The summed E-state index contributed by atoms with van der Waals surface area (Å²) < 4.78 is 10.5. The Kier molecular flexibility index (Phi) is 6.07. The molecule has 0 aromatic heterocycles. The number of nitrogens with one attached hydrogen (secondary N) is 1. The van der Waals surface area contributed by atoms with Gasteiger partial charge in [-0.25, -0.2) is 4.79 Å². The number of ether oxygens (including phenoxy) is 2. The van der Waals surface area contributed by atoms with Crippen LogP contribution in [-0.2, 0) is 4.74 Å². The number of methoxy groups -OCH3 is 1. The highest BCUT2D eigenvalue weighted by atomic mass is 16.5. The maximum atomic E-state index is 11.8. The molecule has 1 aliphatic heterocycles. The van der Waals surface area contributed by atoms with Gasteiger partial charge < -0.3 is 9.47 Å². The van der Waals surface area contributed by atoms with Gasteiger partial charge in [-0.3, -0.25) is 10.2 Å². The second-order valence-corrected chi connectivity index (χ2v) is 6.17. The molecule has 1 aromatic rings. The highest BCUT2D eigenvalue weighted by Gasteiger charge is 2.21. The summed E-state index contributed by atoms with van der Waals surface area (Å²) in [6.07, 6.45) is 0.841. The van der Waals surface area contributed by atoms with Crippen molar-refractivity contribution in [3.8, 4) is 5.75 Å². The third-order valence-electron chi connectivity index (χ3n) is 3.93. The summed E-state index contributed by atoms with van der Waals surface area (Å²) in [7, 11) is 1.57. The average Bonchev–Trinajstić information content (AvgIpc) is 2.46. The first-order valence-corrected chi connectivity index (χ1v) is 7.87. The number of hydrogen-bond acceptors (Lipinski definition) is 4. The fraction of sp³-hybridized carbons (Fsp3) is 0.588. The SMILES string of the molecule is COc1ccccc1NC(=O)OCCN1C[C@H](C)C[C@H](C)C1. The number of para-hydroxylation sites is 2. The van der Waals surface area contributed by atoms with Crippen LogP contribution in [0.15, 0.2) is 24.3 Å². The minimum absolute atomic E-state index is 0.403. The molecule has 0 radical (unpaired) electrons. The van der Waals surface area contributed by atoms with Gasteiger partial charge in [0.05, 0.1) is 12.8 Å². The third-order valence-corrected chi connectivity index (χ3v) is 3.93. The number of nitrogens with zero attached hydrogens (tertiary/aromatic N) is 1. The first-order valence-electron chi connectivity index (χ1n) is 7.87. The van der Waals surface area contributed by atoms with Crippen molar-refractivity contribution in [3.05, 3.63) is 24.3 Å². The molecular weight excluding hydrogens is 280 g/mol. The Morgan fingerprint density at radius 2 is 1.95 bits per heavy atom. The molecule has 0 aliphatic carbocycles. The lowest BCUT2D eigenvalue weighted by Gasteiger charge is -2.34. The summed E-state index contributed by atoms with van der Waals surface area (Å²) in [6.45, 7) is 7.91. The van der Waals surface area contributed by atoms with Crippen LogP contribution in [0.3, 0.4) is 0 Å². The number of likely N-dealkylation sites (tertiary alicyclic amines) is 1. The molecule has 1 heterocycles. The lowest BCUT2D eigenvalue weighted by molar-refractivity contribution is 0.101. The maximum absolute atomic E-state index is 11.8. The molecule has 1 amide bonds. The maximum Gasteiger partial charge on any atom is 0.411 e. The highest BCUT2D eigenvalue weighted by molar-refractivity contribution is 5.86. The predicted octanol–water partition coefficient (Wildman–Crippen LogP) is 3.22. The lowest BCUT2D eigenvalue weighted by Crippen LogP contribution is -2.40. The van der Waals surface area contributed by atoms with Gasteiger partial charge in [-0.05, 0) is 30.4 Å². The van der Waals surface area contributed by atoms with Crippen LogP contribution in [0.1, 0.15) is 20.3 Å². The average molecular weight is 306 g/mol. The molecule has 0 bridgehead atoms. The van der Waals surface area contributed by atoms with Gasteiger partial charge in [0.2, 0.25) is 0 Å². The van der Waals surface area contributed by atoms with E-state index in [-0.39, 0.29) is 0 Å². The van der Waals surface area contributed by atoms with Gasteiger partial charge in [-0.1, -0.05) is 26.0 Å². The number of carbonyl (C=O) groups is 1. The number of hydrogen-bond donors (Lipinski definition) is 1. The van der Waals surface area contributed by atoms with E-state index in [0.717, 1.165) is 19.6 Å².